The van der Waals surface area contributed by atoms with Gasteiger partial charge in [0.25, 0.3) is 0 Å². The summed E-state index contributed by atoms with van der Waals surface area (Å²) in [5.41, 5.74) is 1.39. The standard InChI is InChI=1S/C15H22N2O3S/c1-11-12-6-9-21-13(12)4-7-17(11)8-5-14(18)16(2)10-15(19)20-3/h6,9,11H,4-5,7-8,10H2,1-3H3. The lowest BCUT2D eigenvalue weighted by molar-refractivity contribution is -0.146. The molecule has 1 aromatic rings. The second-order valence-electron chi connectivity index (χ2n) is 5.34. The molecule has 1 aliphatic heterocycles. The van der Waals surface area contributed by atoms with Gasteiger partial charge in [0, 0.05) is 37.5 Å². The van der Waals surface area contributed by atoms with E-state index in [1.54, 1.807) is 7.05 Å². The van der Waals surface area contributed by atoms with Crippen molar-refractivity contribution >= 4 is 23.2 Å². The van der Waals surface area contributed by atoms with Crippen LogP contribution in [0.15, 0.2) is 11.4 Å². The van der Waals surface area contributed by atoms with Gasteiger partial charge in [-0.1, -0.05) is 0 Å². The van der Waals surface area contributed by atoms with Crippen LogP contribution in [-0.4, -0.2) is 55.5 Å². The second kappa shape index (κ2) is 7.04. The Morgan fingerprint density at radius 3 is 3.00 bits per heavy atom. The quantitative estimate of drug-likeness (QED) is 0.777. The van der Waals surface area contributed by atoms with Gasteiger partial charge in [-0.05, 0) is 30.4 Å². The molecule has 0 saturated carbocycles. The third kappa shape index (κ3) is 3.83. The van der Waals surface area contributed by atoms with Gasteiger partial charge in [-0.15, -0.1) is 11.3 Å². The van der Waals surface area contributed by atoms with Crippen LogP contribution in [-0.2, 0) is 20.7 Å². The fraction of sp³-hybridized carbons (Fsp3) is 0.600. The molecular formula is C15H22N2O3S. The van der Waals surface area contributed by atoms with Crippen LogP contribution in [0.4, 0.5) is 0 Å². The SMILES string of the molecule is COC(=O)CN(C)C(=O)CCN1CCc2sccc2C1C. The maximum absolute atomic E-state index is 12.0. The predicted molar refractivity (Wildman–Crippen MR) is 82.3 cm³/mol. The van der Waals surface area contributed by atoms with Crippen molar-refractivity contribution in [1.82, 2.24) is 9.80 Å². The number of esters is 1. The highest BCUT2D eigenvalue weighted by Crippen LogP contribution is 2.32. The first-order valence-corrected chi connectivity index (χ1v) is 8.02. The van der Waals surface area contributed by atoms with E-state index in [2.05, 4.69) is 28.0 Å². The molecule has 0 radical (unpaired) electrons. The molecule has 0 N–H and O–H groups in total. The third-order valence-electron chi connectivity index (χ3n) is 4.04. The molecule has 1 atom stereocenters. The number of likely N-dealkylation sites (N-methyl/N-ethyl adjacent to an activating group) is 1. The molecule has 0 bridgehead atoms. The summed E-state index contributed by atoms with van der Waals surface area (Å²) in [5, 5.41) is 2.14. The predicted octanol–water partition coefficient (Wildman–Crippen LogP) is 1.69. The van der Waals surface area contributed by atoms with Gasteiger partial charge in [-0.3, -0.25) is 14.5 Å². The monoisotopic (exact) mass is 310 g/mol. The van der Waals surface area contributed by atoms with Crippen LogP contribution in [0, 0.1) is 0 Å². The van der Waals surface area contributed by atoms with Crippen molar-refractivity contribution in [2.24, 2.45) is 0 Å². The highest BCUT2D eigenvalue weighted by atomic mass is 32.1. The Kier molecular flexibility index (Phi) is 5.36. The van der Waals surface area contributed by atoms with E-state index in [1.165, 1.54) is 22.5 Å². The fourth-order valence-corrected chi connectivity index (χ4v) is 3.61. The van der Waals surface area contributed by atoms with Crippen molar-refractivity contribution in [3.8, 4) is 0 Å². The molecule has 0 fully saturated rings. The number of carbonyl (C=O) groups excluding carboxylic acids is 2. The van der Waals surface area contributed by atoms with E-state index in [4.69, 9.17) is 0 Å². The minimum atomic E-state index is -0.389. The van der Waals surface area contributed by atoms with Crippen LogP contribution in [0.3, 0.4) is 0 Å². The van der Waals surface area contributed by atoms with Gasteiger partial charge in [0.05, 0.1) is 7.11 Å². The average molecular weight is 310 g/mol. The number of methoxy groups -OCH3 is 1. The summed E-state index contributed by atoms with van der Waals surface area (Å²) >= 11 is 1.82. The van der Waals surface area contributed by atoms with Crippen molar-refractivity contribution in [2.75, 3.05) is 33.8 Å². The topological polar surface area (TPSA) is 49.9 Å². The number of hydrogen-bond acceptors (Lipinski definition) is 5. The molecule has 21 heavy (non-hydrogen) atoms. The molecule has 0 aromatic carbocycles. The molecule has 0 spiro atoms. The van der Waals surface area contributed by atoms with Crippen LogP contribution >= 0.6 is 11.3 Å². The van der Waals surface area contributed by atoms with Crippen LogP contribution in [0.2, 0.25) is 0 Å². The first-order valence-electron chi connectivity index (χ1n) is 7.14. The van der Waals surface area contributed by atoms with Gasteiger partial charge >= 0.3 is 5.97 Å². The van der Waals surface area contributed by atoms with E-state index in [-0.39, 0.29) is 18.4 Å². The lowest BCUT2D eigenvalue weighted by atomic mass is 10.0. The van der Waals surface area contributed by atoms with Gasteiger partial charge in [0.1, 0.15) is 6.54 Å². The van der Waals surface area contributed by atoms with Crippen molar-refractivity contribution in [3.05, 3.63) is 21.9 Å². The summed E-state index contributed by atoms with van der Waals surface area (Å²) < 4.78 is 4.57. The number of rotatable bonds is 5. The molecule has 1 aromatic heterocycles. The van der Waals surface area contributed by atoms with Crippen molar-refractivity contribution in [3.63, 3.8) is 0 Å². The normalized spacial score (nSPS) is 18.1. The van der Waals surface area contributed by atoms with Crippen molar-refractivity contribution < 1.29 is 14.3 Å². The molecule has 2 heterocycles. The lowest BCUT2D eigenvalue weighted by Gasteiger charge is -2.33. The lowest BCUT2D eigenvalue weighted by Crippen LogP contribution is -2.38. The Morgan fingerprint density at radius 2 is 2.29 bits per heavy atom. The van der Waals surface area contributed by atoms with Gasteiger partial charge in [0.2, 0.25) is 5.91 Å². The van der Waals surface area contributed by atoms with E-state index in [0.717, 1.165) is 19.5 Å². The highest BCUT2D eigenvalue weighted by Gasteiger charge is 2.25. The second-order valence-corrected chi connectivity index (χ2v) is 6.34. The molecule has 1 amide bonds. The third-order valence-corrected chi connectivity index (χ3v) is 5.03. The Morgan fingerprint density at radius 1 is 1.52 bits per heavy atom. The Bertz CT molecular complexity index is 515. The van der Waals surface area contributed by atoms with Crippen LogP contribution < -0.4 is 0 Å². The molecule has 0 aliphatic carbocycles. The van der Waals surface area contributed by atoms with Gasteiger partial charge in [-0.25, -0.2) is 0 Å². The zero-order valence-electron chi connectivity index (χ0n) is 12.8. The van der Waals surface area contributed by atoms with E-state index < -0.39 is 0 Å². The minimum Gasteiger partial charge on any atom is -0.468 e. The molecule has 0 saturated heterocycles. The Hall–Kier alpha value is -1.40. The van der Waals surface area contributed by atoms with E-state index in [1.807, 2.05) is 11.3 Å². The summed E-state index contributed by atoms with van der Waals surface area (Å²) in [4.78, 5) is 28.4. The number of amides is 1. The number of thiophene rings is 1. The Labute approximate surface area is 129 Å². The maximum Gasteiger partial charge on any atom is 0.325 e. The summed E-state index contributed by atoms with van der Waals surface area (Å²) in [7, 11) is 2.96. The summed E-state index contributed by atoms with van der Waals surface area (Å²) in [5.74, 6) is -0.413. The minimum absolute atomic E-state index is 0.0135. The summed E-state index contributed by atoms with van der Waals surface area (Å²) in [6.45, 7) is 3.91. The van der Waals surface area contributed by atoms with Crippen molar-refractivity contribution in [1.29, 1.82) is 0 Å². The number of nitrogens with zero attached hydrogens (tertiary/aromatic N) is 2. The molecular weight excluding hydrogens is 288 g/mol. The van der Waals surface area contributed by atoms with Crippen LogP contribution in [0.5, 0.6) is 0 Å². The van der Waals surface area contributed by atoms with E-state index in [9.17, 15) is 9.59 Å². The highest BCUT2D eigenvalue weighted by molar-refractivity contribution is 7.10. The maximum atomic E-state index is 12.0. The van der Waals surface area contributed by atoms with Gasteiger partial charge in [-0.2, -0.15) is 0 Å². The van der Waals surface area contributed by atoms with E-state index in [0.29, 0.717) is 12.5 Å². The molecule has 1 unspecified atom stereocenters. The molecule has 1 aliphatic rings. The van der Waals surface area contributed by atoms with Crippen LogP contribution in [0.25, 0.3) is 0 Å². The van der Waals surface area contributed by atoms with Crippen LogP contribution in [0.1, 0.15) is 29.8 Å². The number of carbonyl (C=O) groups is 2. The number of hydrogen-bond donors (Lipinski definition) is 0. The molecule has 116 valence electrons. The largest absolute Gasteiger partial charge is 0.468 e. The fourth-order valence-electron chi connectivity index (χ4n) is 2.64. The first-order chi connectivity index (χ1) is 10.0. The van der Waals surface area contributed by atoms with Gasteiger partial charge in [0.15, 0.2) is 0 Å². The van der Waals surface area contributed by atoms with E-state index >= 15 is 0 Å². The summed E-state index contributed by atoms with van der Waals surface area (Å²) in [6.07, 6.45) is 1.49. The van der Waals surface area contributed by atoms with Crippen molar-refractivity contribution in [2.45, 2.75) is 25.8 Å². The molecule has 5 nitrogen and oxygen atoms in total. The zero-order valence-corrected chi connectivity index (χ0v) is 13.6. The number of ether oxygens (including phenoxy) is 1. The van der Waals surface area contributed by atoms with Gasteiger partial charge < -0.3 is 9.64 Å². The smallest absolute Gasteiger partial charge is 0.325 e. The first kappa shape index (κ1) is 16.0. The molecule has 2 rings (SSSR count). The summed E-state index contributed by atoms with van der Waals surface area (Å²) in [6, 6.07) is 2.54. The average Bonchev–Trinajstić information content (AvgIpc) is 2.95. The number of fused-ring (bicyclic) bond motifs is 1. The molecule has 6 heteroatoms. The zero-order chi connectivity index (χ0) is 15.4. The Balaban J connectivity index is 1.83.